The number of hydrogen-bond donors (Lipinski definition) is 1. The van der Waals surface area contributed by atoms with E-state index in [1.807, 2.05) is 6.33 Å². The molecule has 1 aliphatic rings. The molecule has 1 aliphatic heterocycles. The van der Waals surface area contributed by atoms with Crippen LogP contribution in [0.15, 0.2) is 24.5 Å². The topological polar surface area (TPSA) is 47.1 Å². The molecule has 0 bridgehead atoms. The van der Waals surface area contributed by atoms with Crippen LogP contribution in [-0.4, -0.2) is 23.1 Å². The maximum atomic E-state index is 6.27. The van der Waals surface area contributed by atoms with E-state index in [1.54, 1.807) is 0 Å². The van der Waals surface area contributed by atoms with Crippen molar-refractivity contribution in [3.05, 3.63) is 30.1 Å². The van der Waals surface area contributed by atoms with Crippen molar-refractivity contribution in [2.75, 3.05) is 24.2 Å². The van der Waals surface area contributed by atoms with E-state index in [9.17, 15) is 0 Å². The van der Waals surface area contributed by atoms with Crippen molar-refractivity contribution in [1.29, 1.82) is 0 Å². The predicted octanol–water partition coefficient (Wildman–Crippen LogP) is 3.31. The van der Waals surface area contributed by atoms with Gasteiger partial charge in [0.25, 0.3) is 0 Å². The van der Waals surface area contributed by atoms with E-state index < -0.39 is 0 Å². The number of nitrogens with zero attached hydrogens (tertiary/aromatic N) is 3. The Morgan fingerprint density at radius 2 is 2.19 bits per heavy atom. The van der Waals surface area contributed by atoms with Gasteiger partial charge in [-0.25, -0.2) is 4.98 Å². The molecule has 0 saturated heterocycles. The number of nitrogen functional groups attached to an aromatic ring is 1. The summed E-state index contributed by atoms with van der Waals surface area (Å²) in [4.78, 5) is 6.86. The largest absolute Gasteiger partial charge is 0.383 e. The van der Waals surface area contributed by atoms with Crippen LogP contribution in [0.5, 0.6) is 0 Å². The first kappa shape index (κ1) is 14.0. The molecule has 0 radical (unpaired) electrons. The summed E-state index contributed by atoms with van der Waals surface area (Å²) in [7, 11) is 2.16. The third-order valence-corrected chi connectivity index (χ3v) is 4.33. The van der Waals surface area contributed by atoms with Gasteiger partial charge in [-0.15, -0.1) is 0 Å². The average Bonchev–Trinajstić information content (AvgIpc) is 2.86. The van der Waals surface area contributed by atoms with E-state index in [2.05, 4.69) is 46.6 Å². The van der Waals surface area contributed by atoms with Crippen LogP contribution in [0.4, 0.5) is 11.5 Å². The Balaban J connectivity index is 1.92. The summed E-state index contributed by atoms with van der Waals surface area (Å²) in [6.45, 7) is 4.27. The van der Waals surface area contributed by atoms with E-state index in [0.29, 0.717) is 0 Å². The zero-order valence-electron chi connectivity index (χ0n) is 13.0. The first-order chi connectivity index (χ1) is 10.2. The van der Waals surface area contributed by atoms with Crippen LogP contribution in [0.2, 0.25) is 0 Å². The highest BCUT2D eigenvalue weighted by molar-refractivity contribution is 5.74. The summed E-state index contributed by atoms with van der Waals surface area (Å²) < 4.78 is 2.06. The average molecular weight is 284 g/mol. The zero-order chi connectivity index (χ0) is 14.8. The molecule has 0 saturated carbocycles. The van der Waals surface area contributed by atoms with Gasteiger partial charge in [0.05, 0.1) is 6.33 Å². The molecule has 4 heteroatoms. The monoisotopic (exact) mass is 284 g/mol. The number of nitrogens with two attached hydrogens (primary N) is 1. The summed E-state index contributed by atoms with van der Waals surface area (Å²) >= 11 is 0. The minimum Gasteiger partial charge on any atom is -0.383 e. The highest BCUT2D eigenvalue weighted by atomic mass is 15.1. The first-order valence-electron chi connectivity index (χ1n) is 7.85. The van der Waals surface area contributed by atoms with Crippen molar-refractivity contribution < 1.29 is 0 Å². The summed E-state index contributed by atoms with van der Waals surface area (Å²) in [5, 5.41) is 0. The second-order valence-electron chi connectivity index (χ2n) is 5.89. The maximum Gasteiger partial charge on any atom is 0.131 e. The SMILES string of the molecule is CCCCn1cnc(-c2ccc3c(c2)CCCN3C)c1N. The Morgan fingerprint density at radius 1 is 1.33 bits per heavy atom. The van der Waals surface area contributed by atoms with Gasteiger partial charge in [-0.05, 0) is 37.0 Å². The summed E-state index contributed by atoms with van der Waals surface area (Å²) in [5.74, 6) is 0.785. The van der Waals surface area contributed by atoms with Crippen LogP contribution >= 0.6 is 0 Å². The highest BCUT2D eigenvalue weighted by Gasteiger charge is 2.16. The lowest BCUT2D eigenvalue weighted by molar-refractivity contribution is 0.637. The van der Waals surface area contributed by atoms with Crippen molar-refractivity contribution in [3.8, 4) is 11.3 Å². The summed E-state index contributed by atoms with van der Waals surface area (Å²) in [5.41, 5.74) is 11.1. The lowest BCUT2D eigenvalue weighted by Gasteiger charge is -2.27. The van der Waals surface area contributed by atoms with Gasteiger partial charge >= 0.3 is 0 Å². The number of fused-ring (bicyclic) bond motifs is 1. The van der Waals surface area contributed by atoms with Gasteiger partial charge in [-0.1, -0.05) is 19.4 Å². The molecule has 1 aromatic heterocycles. The minimum atomic E-state index is 0.785. The van der Waals surface area contributed by atoms with Crippen molar-refractivity contribution >= 4 is 11.5 Å². The Kier molecular flexibility index (Phi) is 3.86. The fraction of sp³-hybridized carbons (Fsp3) is 0.471. The van der Waals surface area contributed by atoms with Crippen molar-refractivity contribution in [2.45, 2.75) is 39.2 Å². The Morgan fingerprint density at radius 3 is 3.00 bits per heavy atom. The number of benzene rings is 1. The van der Waals surface area contributed by atoms with E-state index in [-0.39, 0.29) is 0 Å². The molecule has 0 atom stereocenters. The zero-order valence-corrected chi connectivity index (χ0v) is 13.0. The molecule has 1 aromatic carbocycles. The van der Waals surface area contributed by atoms with E-state index in [0.717, 1.165) is 49.4 Å². The molecule has 3 rings (SSSR count). The molecule has 2 N–H and O–H groups in total. The van der Waals surface area contributed by atoms with E-state index in [4.69, 9.17) is 5.73 Å². The standard InChI is InChI=1S/C17H24N4/c1-3-4-10-21-12-19-16(17(21)18)14-7-8-15-13(11-14)6-5-9-20(15)2/h7-8,11-12H,3-6,9-10,18H2,1-2H3. The quantitative estimate of drug-likeness (QED) is 0.937. The lowest BCUT2D eigenvalue weighted by atomic mass is 9.98. The van der Waals surface area contributed by atoms with Gasteiger partial charge in [0.2, 0.25) is 0 Å². The first-order valence-corrected chi connectivity index (χ1v) is 7.85. The number of unbranched alkanes of at least 4 members (excludes halogenated alkanes) is 1. The molecule has 4 nitrogen and oxygen atoms in total. The van der Waals surface area contributed by atoms with Crippen molar-refractivity contribution in [3.63, 3.8) is 0 Å². The molecule has 0 amide bonds. The second-order valence-corrected chi connectivity index (χ2v) is 5.89. The van der Waals surface area contributed by atoms with Crippen molar-refractivity contribution in [2.24, 2.45) is 0 Å². The Bertz CT molecular complexity index is 630. The van der Waals surface area contributed by atoms with Gasteiger partial charge in [-0.2, -0.15) is 0 Å². The lowest BCUT2D eigenvalue weighted by Crippen LogP contribution is -2.24. The molecule has 0 aliphatic carbocycles. The van der Waals surface area contributed by atoms with Gasteiger partial charge in [0, 0.05) is 31.4 Å². The molecule has 0 fully saturated rings. The van der Waals surface area contributed by atoms with Gasteiger partial charge in [0.1, 0.15) is 11.5 Å². The number of imidazole rings is 1. The van der Waals surface area contributed by atoms with E-state index in [1.165, 1.54) is 17.7 Å². The molecular weight excluding hydrogens is 260 g/mol. The number of rotatable bonds is 4. The fourth-order valence-corrected chi connectivity index (χ4v) is 3.05. The molecule has 112 valence electrons. The molecule has 21 heavy (non-hydrogen) atoms. The van der Waals surface area contributed by atoms with Crippen LogP contribution in [-0.2, 0) is 13.0 Å². The Labute approximate surface area is 126 Å². The van der Waals surface area contributed by atoms with Gasteiger partial charge in [0.15, 0.2) is 0 Å². The van der Waals surface area contributed by atoms with Gasteiger partial charge < -0.3 is 15.2 Å². The summed E-state index contributed by atoms with van der Waals surface area (Å²) in [6.07, 6.45) is 6.52. The predicted molar refractivity (Wildman–Crippen MR) is 88.6 cm³/mol. The molecule has 2 aromatic rings. The van der Waals surface area contributed by atoms with Gasteiger partial charge in [-0.3, -0.25) is 0 Å². The maximum absolute atomic E-state index is 6.27. The van der Waals surface area contributed by atoms with Crippen LogP contribution < -0.4 is 10.6 Å². The number of hydrogen-bond acceptors (Lipinski definition) is 3. The van der Waals surface area contributed by atoms with Crippen molar-refractivity contribution in [1.82, 2.24) is 9.55 Å². The van der Waals surface area contributed by atoms with Crippen LogP contribution in [0.25, 0.3) is 11.3 Å². The van der Waals surface area contributed by atoms with E-state index >= 15 is 0 Å². The highest BCUT2D eigenvalue weighted by Crippen LogP contribution is 2.32. The fourth-order valence-electron chi connectivity index (χ4n) is 3.05. The minimum absolute atomic E-state index is 0.785. The number of aryl methyl sites for hydroxylation is 2. The third-order valence-electron chi connectivity index (χ3n) is 4.33. The number of aromatic nitrogens is 2. The summed E-state index contributed by atoms with van der Waals surface area (Å²) in [6, 6.07) is 6.60. The molecule has 2 heterocycles. The van der Waals surface area contributed by atoms with Crippen LogP contribution in [0.3, 0.4) is 0 Å². The van der Waals surface area contributed by atoms with Crippen LogP contribution in [0.1, 0.15) is 31.7 Å². The normalized spacial score (nSPS) is 14.3. The second kappa shape index (κ2) is 5.80. The molecular formula is C17H24N4. The number of anilines is 2. The Hall–Kier alpha value is -1.97. The smallest absolute Gasteiger partial charge is 0.131 e. The molecule has 0 unspecified atom stereocenters. The third kappa shape index (κ3) is 2.62. The van der Waals surface area contributed by atoms with Crippen LogP contribution in [0, 0.1) is 0 Å². The molecule has 0 spiro atoms.